The lowest BCUT2D eigenvalue weighted by Gasteiger charge is -2.12. The van der Waals surface area contributed by atoms with Crippen molar-refractivity contribution in [1.29, 1.82) is 0 Å². The van der Waals surface area contributed by atoms with Crippen LogP contribution in [0.5, 0.6) is 17.2 Å². The molecule has 0 unspecified atom stereocenters. The Labute approximate surface area is 125 Å². The lowest BCUT2D eigenvalue weighted by atomic mass is 10.1. The number of benzene rings is 2. The number of ether oxygens (including phenoxy) is 3. The van der Waals surface area contributed by atoms with Gasteiger partial charge in [-0.1, -0.05) is 19.1 Å². The van der Waals surface area contributed by atoms with E-state index >= 15 is 0 Å². The van der Waals surface area contributed by atoms with E-state index in [0.717, 1.165) is 23.7 Å². The second-order valence-corrected chi connectivity index (χ2v) is 4.61. The maximum absolute atomic E-state index is 5.70. The van der Waals surface area contributed by atoms with Crippen LogP contribution >= 0.6 is 0 Å². The average molecular weight is 287 g/mol. The van der Waals surface area contributed by atoms with Gasteiger partial charge < -0.3 is 19.9 Å². The second kappa shape index (κ2) is 7.43. The Balaban J connectivity index is 1.86. The molecular formula is C17H21NO3. The molecule has 2 rings (SSSR count). The van der Waals surface area contributed by atoms with Crippen LogP contribution in [0.4, 0.5) is 5.69 Å². The fraction of sp³-hybridized carbons (Fsp3) is 0.294. The van der Waals surface area contributed by atoms with Crippen LogP contribution in [0, 0.1) is 0 Å². The number of methoxy groups -OCH3 is 1. The van der Waals surface area contributed by atoms with Crippen molar-refractivity contribution in [3.05, 3.63) is 48.0 Å². The van der Waals surface area contributed by atoms with Gasteiger partial charge in [-0.05, 0) is 36.2 Å². The summed E-state index contributed by atoms with van der Waals surface area (Å²) in [5.41, 5.74) is 7.59. The number of anilines is 1. The number of rotatable bonds is 7. The summed E-state index contributed by atoms with van der Waals surface area (Å²) in [4.78, 5) is 0. The van der Waals surface area contributed by atoms with E-state index in [0.29, 0.717) is 18.9 Å². The van der Waals surface area contributed by atoms with E-state index in [-0.39, 0.29) is 0 Å². The molecule has 0 aliphatic rings. The SMILES string of the molecule is CCc1ccc(OCCOc2cccc(N)c2)c(OC)c1. The van der Waals surface area contributed by atoms with Gasteiger partial charge in [0.25, 0.3) is 0 Å². The summed E-state index contributed by atoms with van der Waals surface area (Å²) in [6.07, 6.45) is 0.967. The first-order chi connectivity index (χ1) is 10.2. The van der Waals surface area contributed by atoms with Gasteiger partial charge in [0, 0.05) is 11.8 Å². The van der Waals surface area contributed by atoms with Gasteiger partial charge in [0.15, 0.2) is 11.5 Å². The van der Waals surface area contributed by atoms with E-state index in [9.17, 15) is 0 Å². The molecule has 0 heterocycles. The van der Waals surface area contributed by atoms with Gasteiger partial charge in [0.05, 0.1) is 7.11 Å². The summed E-state index contributed by atoms with van der Waals surface area (Å²) in [6, 6.07) is 13.3. The largest absolute Gasteiger partial charge is 0.493 e. The molecule has 0 atom stereocenters. The van der Waals surface area contributed by atoms with Gasteiger partial charge in [-0.3, -0.25) is 0 Å². The van der Waals surface area contributed by atoms with E-state index in [1.54, 1.807) is 13.2 Å². The van der Waals surface area contributed by atoms with Crippen LogP contribution in [0.25, 0.3) is 0 Å². The summed E-state index contributed by atoms with van der Waals surface area (Å²) < 4.78 is 16.6. The minimum absolute atomic E-state index is 0.441. The Hall–Kier alpha value is -2.36. The van der Waals surface area contributed by atoms with Crippen molar-refractivity contribution in [3.63, 3.8) is 0 Å². The average Bonchev–Trinajstić information content (AvgIpc) is 2.51. The molecule has 0 aliphatic carbocycles. The Morgan fingerprint density at radius 2 is 1.76 bits per heavy atom. The number of nitrogen functional groups attached to an aromatic ring is 1. The molecule has 0 saturated carbocycles. The standard InChI is InChI=1S/C17H21NO3/c1-3-13-7-8-16(17(11-13)19-2)21-10-9-20-15-6-4-5-14(18)12-15/h4-8,11-12H,3,9-10,18H2,1-2H3. The summed E-state index contributed by atoms with van der Waals surface area (Å²) in [7, 11) is 1.64. The number of aryl methyl sites for hydroxylation is 1. The number of hydrogen-bond acceptors (Lipinski definition) is 4. The van der Waals surface area contributed by atoms with Crippen LogP contribution in [0.15, 0.2) is 42.5 Å². The van der Waals surface area contributed by atoms with Crippen LogP contribution in [0.1, 0.15) is 12.5 Å². The minimum Gasteiger partial charge on any atom is -0.493 e. The van der Waals surface area contributed by atoms with Crippen molar-refractivity contribution in [2.45, 2.75) is 13.3 Å². The molecular weight excluding hydrogens is 266 g/mol. The zero-order valence-corrected chi connectivity index (χ0v) is 12.5. The van der Waals surface area contributed by atoms with Gasteiger partial charge in [-0.2, -0.15) is 0 Å². The molecule has 4 heteroatoms. The predicted octanol–water partition coefficient (Wildman–Crippen LogP) is 3.30. The predicted molar refractivity (Wildman–Crippen MR) is 84.2 cm³/mol. The summed E-state index contributed by atoms with van der Waals surface area (Å²) in [5, 5.41) is 0. The van der Waals surface area contributed by atoms with Crippen molar-refractivity contribution in [2.24, 2.45) is 0 Å². The van der Waals surface area contributed by atoms with E-state index in [2.05, 4.69) is 6.92 Å². The van der Waals surface area contributed by atoms with Gasteiger partial charge in [-0.15, -0.1) is 0 Å². The Morgan fingerprint density at radius 3 is 2.48 bits per heavy atom. The molecule has 0 saturated heterocycles. The van der Waals surface area contributed by atoms with Crippen LogP contribution in [0.2, 0.25) is 0 Å². The highest BCUT2D eigenvalue weighted by atomic mass is 16.5. The first-order valence-electron chi connectivity index (χ1n) is 7.01. The molecule has 2 aromatic rings. The monoisotopic (exact) mass is 287 g/mol. The van der Waals surface area contributed by atoms with E-state index in [1.807, 2.05) is 36.4 Å². The highest BCUT2D eigenvalue weighted by Gasteiger charge is 2.05. The van der Waals surface area contributed by atoms with Crippen molar-refractivity contribution in [1.82, 2.24) is 0 Å². The summed E-state index contributed by atoms with van der Waals surface area (Å²) >= 11 is 0. The van der Waals surface area contributed by atoms with Crippen molar-refractivity contribution in [2.75, 3.05) is 26.1 Å². The maximum Gasteiger partial charge on any atom is 0.161 e. The molecule has 2 N–H and O–H groups in total. The van der Waals surface area contributed by atoms with Crippen LogP contribution in [-0.4, -0.2) is 20.3 Å². The fourth-order valence-electron chi connectivity index (χ4n) is 1.97. The lowest BCUT2D eigenvalue weighted by molar-refractivity contribution is 0.211. The van der Waals surface area contributed by atoms with E-state index < -0.39 is 0 Å². The molecule has 0 bridgehead atoms. The highest BCUT2D eigenvalue weighted by Crippen LogP contribution is 2.28. The van der Waals surface area contributed by atoms with Gasteiger partial charge in [0.1, 0.15) is 19.0 Å². The van der Waals surface area contributed by atoms with Crippen LogP contribution in [-0.2, 0) is 6.42 Å². The van der Waals surface area contributed by atoms with Gasteiger partial charge >= 0.3 is 0 Å². The van der Waals surface area contributed by atoms with Crippen molar-refractivity contribution < 1.29 is 14.2 Å². The molecule has 112 valence electrons. The van der Waals surface area contributed by atoms with Gasteiger partial charge in [0.2, 0.25) is 0 Å². The van der Waals surface area contributed by atoms with Crippen LogP contribution < -0.4 is 19.9 Å². The third kappa shape index (κ3) is 4.31. The first kappa shape index (κ1) is 15.0. The van der Waals surface area contributed by atoms with Gasteiger partial charge in [-0.25, -0.2) is 0 Å². The lowest BCUT2D eigenvalue weighted by Crippen LogP contribution is -2.09. The second-order valence-electron chi connectivity index (χ2n) is 4.61. The summed E-state index contributed by atoms with van der Waals surface area (Å²) in [6.45, 7) is 2.99. The third-order valence-electron chi connectivity index (χ3n) is 3.10. The Kier molecular flexibility index (Phi) is 5.32. The van der Waals surface area contributed by atoms with Crippen LogP contribution in [0.3, 0.4) is 0 Å². The molecule has 0 spiro atoms. The quantitative estimate of drug-likeness (QED) is 0.627. The molecule has 4 nitrogen and oxygen atoms in total. The molecule has 0 amide bonds. The summed E-state index contributed by atoms with van der Waals surface area (Å²) in [5.74, 6) is 2.22. The molecule has 2 aromatic carbocycles. The van der Waals surface area contributed by atoms with E-state index in [1.165, 1.54) is 5.56 Å². The smallest absolute Gasteiger partial charge is 0.161 e. The van der Waals surface area contributed by atoms with E-state index in [4.69, 9.17) is 19.9 Å². The zero-order chi connectivity index (χ0) is 15.1. The van der Waals surface area contributed by atoms with Crippen molar-refractivity contribution in [3.8, 4) is 17.2 Å². The first-order valence-corrected chi connectivity index (χ1v) is 7.01. The third-order valence-corrected chi connectivity index (χ3v) is 3.10. The Bertz CT molecular complexity index is 584. The molecule has 0 fully saturated rings. The number of hydrogen-bond donors (Lipinski definition) is 1. The highest BCUT2D eigenvalue weighted by molar-refractivity contribution is 5.44. The topological polar surface area (TPSA) is 53.7 Å². The number of nitrogens with two attached hydrogens (primary N) is 1. The maximum atomic E-state index is 5.70. The fourth-order valence-corrected chi connectivity index (χ4v) is 1.97. The molecule has 0 aliphatic heterocycles. The normalized spacial score (nSPS) is 10.2. The molecule has 0 radical (unpaired) electrons. The molecule has 21 heavy (non-hydrogen) atoms. The minimum atomic E-state index is 0.441. The zero-order valence-electron chi connectivity index (χ0n) is 12.5. The van der Waals surface area contributed by atoms with Crippen molar-refractivity contribution >= 4 is 5.69 Å². The molecule has 0 aromatic heterocycles. The Morgan fingerprint density at radius 1 is 0.952 bits per heavy atom.